The summed E-state index contributed by atoms with van der Waals surface area (Å²) in [4.78, 5) is 6.03. The molecule has 2 rings (SSSR count). The maximum atomic E-state index is 11.1. The van der Waals surface area contributed by atoms with Gasteiger partial charge in [0.25, 0.3) is 0 Å². The number of rotatable bonds is 3. The van der Waals surface area contributed by atoms with Crippen LogP contribution in [0.5, 0.6) is 0 Å². The van der Waals surface area contributed by atoms with Crippen LogP contribution in [0.3, 0.4) is 0 Å². The van der Waals surface area contributed by atoms with Crippen molar-refractivity contribution >= 4 is 31.8 Å². The van der Waals surface area contributed by atoms with E-state index in [9.17, 15) is 8.42 Å². The predicted molar refractivity (Wildman–Crippen MR) is 65.6 cm³/mol. The zero-order valence-corrected chi connectivity index (χ0v) is 10.1. The predicted octanol–water partition coefficient (Wildman–Crippen LogP) is 1.60. The zero-order chi connectivity index (χ0) is 11.6. The Morgan fingerprint density at radius 1 is 1.38 bits per heavy atom. The Morgan fingerprint density at radius 3 is 2.75 bits per heavy atom. The van der Waals surface area contributed by atoms with Gasteiger partial charge < -0.3 is 4.90 Å². The fourth-order valence-corrected chi connectivity index (χ4v) is 2.63. The highest BCUT2D eigenvalue weighted by Crippen LogP contribution is 2.23. The SMILES string of the molecule is O=S(=O)(Cl)Cc1ccccc1N1C=NCC1. The molecule has 4 nitrogen and oxygen atoms in total. The fourth-order valence-electron chi connectivity index (χ4n) is 1.66. The monoisotopic (exact) mass is 258 g/mol. The van der Waals surface area contributed by atoms with E-state index >= 15 is 0 Å². The maximum absolute atomic E-state index is 11.1. The number of hydrogen-bond acceptors (Lipinski definition) is 4. The average molecular weight is 259 g/mol. The molecule has 1 aromatic carbocycles. The highest BCUT2D eigenvalue weighted by molar-refractivity contribution is 8.13. The molecule has 0 aromatic heterocycles. The smallest absolute Gasteiger partial charge is 0.236 e. The van der Waals surface area contributed by atoms with Crippen LogP contribution < -0.4 is 4.90 Å². The standard InChI is InChI=1S/C10H11ClN2O2S/c11-16(14,15)7-9-3-1-2-4-10(9)13-6-5-12-8-13/h1-4,8H,5-7H2. The van der Waals surface area contributed by atoms with Crippen LogP contribution in [-0.2, 0) is 14.8 Å². The Morgan fingerprint density at radius 2 is 2.12 bits per heavy atom. The number of benzene rings is 1. The van der Waals surface area contributed by atoms with Crippen LogP contribution in [0.1, 0.15) is 5.56 Å². The Hall–Kier alpha value is -1.07. The molecular weight excluding hydrogens is 248 g/mol. The van der Waals surface area contributed by atoms with Crippen LogP contribution in [0.15, 0.2) is 29.3 Å². The van der Waals surface area contributed by atoms with Gasteiger partial charge in [-0.1, -0.05) is 18.2 Å². The van der Waals surface area contributed by atoms with Crippen molar-refractivity contribution in [2.45, 2.75) is 5.75 Å². The van der Waals surface area contributed by atoms with Gasteiger partial charge in [-0.05, 0) is 11.6 Å². The molecule has 0 amide bonds. The van der Waals surface area contributed by atoms with E-state index in [1.165, 1.54) is 0 Å². The van der Waals surface area contributed by atoms with Crippen molar-refractivity contribution in [2.75, 3.05) is 18.0 Å². The molecule has 0 bridgehead atoms. The molecule has 0 atom stereocenters. The number of para-hydroxylation sites is 1. The van der Waals surface area contributed by atoms with E-state index in [-0.39, 0.29) is 5.75 Å². The van der Waals surface area contributed by atoms with Crippen LogP contribution >= 0.6 is 10.7 Å². The Balaban J connectivity index is 2.34. The van der Waals surface area contributed by atoms with Crippen molar-refractivity contribution < 1.29 is 8.42 Å². The molecule has 0 fully saturated rings. The summed E-state index contributed by atoms with van der Waals surface area (Å²) in [6.07, 6.45) is 1.72. The molecule has 0 saturated carbocycles. The minimum absolute atomic E-state index is 0.158. The zero-order valence-electron chi connectivity index (χ0n) is 8.51. The molecule has 6 heteroatoms. The first-order valence-electron chi connectivity index (χ1n) is 4.83. The number of anilines is 1. The second-order valence-corrected chi connectivity index (χ2v) is 6.30. The quantitative estimate of drug-likeness (QED) is 0.774. The minimum atomic E-state index is -3.53. The molecule has 0 N–H and O–H groups in total. The topological polar surface area (TPSA) is 49.7 Å². The third kappa shape index (κ3) is 2.74. The van der Waals surface area contributed by atoms with Gasteiger partial charge in [0.05, 0.1) is 18.6 Å². The third-order valence-electron chi connectivity index (χ3n) is 2.32. The van der Waals surface area contributed by atoms with Crippen molar-refractivity contribution in [3.05, 3.63) is 29.8 Å². The van der Waals surface area contributed by atoms with E-state index in [2.05, 4.69) is 4.99 Å². The Kier molecular flexibility index (Phi) is 3.16. The average Bonchev–Trinajstić information content (AvgIpc) is 2.69. The van der Waals surface area contributed by atoms with E-state index in [0.29, 0.717) is 5.56 Å². The first-order chi connectivity index (χ1) is 7.56. The minimum Gasteiger partial charge on any atom is -0.331 e. The summed E-state index contributed by atoms with van der Waals surface area (Å²) in [6, 6.07) is 7.30. The maximum Gasteiger partial charge on any atom is 0.236 e. The fraction of sp³-hybridized carbons (Fsp3) is 0.300. The summed E-state index contributed by atoms with van der Waals surface area (Å²) in [5.41, 5.74) is 1.55. The normalized spacial score (nSPS) is 15.7. The van der Waals surface area contributed by atoms with Gasteiger partial charge in [0.15, 0.2) is 0 Å². The number of hydrogen-bond donors (Lipinski definition) is 0. The van der Waals surface area contributed by atoms with Crippen molar-refractivity contribution in [1.82, 2.24) is 0 Å². The summed E-state index contributed by atoms with van der Waals surface area (Å²) < 4.78 is 22.2. The summed E-state index contributed by atoms with van der Waals surface area (Å²) >= 11 is 0. The van der Waals surface area contributed by atoms with Crippen LogP contribution in [0.2, 0.25) is 0 Å². The highest BCUT2D eigenvalue weighted by Gasteiger charge is 2.15. The van der Waals surface area contributed by atoms with Gasteiger partial charge in [-0.2, -0.15) is 0 Å². The largest absolute Gasteiger partial charge is 0.331 e. The number of halogens is 1. The van der Waals surface area contributed by atoms with E-state index in [1.807, 2.05) is 17.0 Å². The first kappa shape index (κ1) is 11.4. The molecule has 16 heavy (non-hydrogen) atoms. The molecule has 1 aromatic rings. The molecule has 0 saturated heterocycles. The lowest BCUT2D eigenvalue weighted by Crippen LogP contribution is -2.20. The summed E-state index contributed by atoms with van der Waals surface area (Å²) in [7, 11) is 1.74. The van der Waals surface area contributed by atoms with Gasteiger partial charge >= 0.3 is 0 Å². The van der Waals surface area contributed by atoms with Gasteiger partial charge in [0, 0.05) is 22.9 Å². The molecule has 1 aliphatic rings. The summed E-state index contributed by atoms with van der Waals surface area (Å²) in [5, 5.41) is 0. The van der Waals surface area contributed by atoms with Crippen LogP contribution in [0.25, 0.3) is 0 Å². The lowest BCUT2D eigenvalue weighted by atomic mass is 10.2. The first-order valence-corrected chi connectivity index (χ1v) is 7.31. The third-order valence-corrected chi connectivity index (χ3v) is 3.30. The van der Waals surface area contributed by atoms with Crippen molar-refractivity contribution in [3.63, 3.8) is 0 Å². The van der Waals surface area contributed by atoms with Gasteiger partial charge in [-0.15, -0.1) is 0 Å². The van der Waals surface area contributed by atoms with Gasteiger partial charge in [0.2, 0.25) is 9.05 Å². The van der Waals surface area contributed by atoms with Crippen LogP contribution in [0.4, 0.5) is 5.69 Å². The summed E-state index contributed by atoms with van der Waals surface area (Å²) in [5.74, 6) is -0.158. The van der Waals surface area contributed by atoms with Gasteiger partial charge in [-0.3, -0.25) is 4.99 Å². The lowest BCUT2D eigenvalue weighted by molar-refractivity contribution is 0.609. The van der Waals surface area contributed by atoms with Gasteiger partial charge in [0.1, 0.15) is 0 Å². The molecular formula is C10H11ClN2O2S. The van der Waals surface area contributed by atoms with Crippen molar-refractivity contribution in [2.24, 2.45) is 4.99 Å². The van der Waals surface area contributed by atoms with Crippen molar-refractivity contribution in [1.29, 1.82) is 0 Å². The number of aliphatic imine (C=N–C) groups is 1. The van der Waals surface area contributed by atoms with Crippen molar-refractivity contribution in [3.8, 4) is 0 Å². The Labute approximate surface area is 99.0 Å². The Bertz CT molecular complexity index is 513. The summed E-state index contributed by atoms with van der Waals surface area (Å²) in [6.45, 7) is 1.52. The van der Waals surface area contributed by atoms with E-state index < -0.39 is 9.05 Å². The second-order valence-electron chi connectivity index (χ2n) is 3.53. The lowest BCUT2D eigenvalue weighted by Gasteiger charge is -2.17. The van der Waals surface area contributed by atoms with Crippen LogP contribution in [0, 0.1) is 0 Å². The highest BCUT2D eigenvalue weighted by atomic mass is 35.7. The molecule has 1 aliphatic heterocycles. The molecule has 0 aliphatic carbocycles. The molecule has 1 heterocycles. The van der Waals surface area contributed by atoms with E-state index in [1.54, 1.807) is 18.5 Å². The van der Waals surface area contributed by atoms with Gasteiger partial charge in [-0.25, -0.2) is 8.42 Å². The molecule has 0 spiro atoms. The van der Waals surface area contributed by atoms with Crippen LogP contribution in [-0.4, -0.2) is 27.8 Å². The molecule has 0 radical (unpaired) electrons. The molecule has 86 valence electrons. The molecule has 0 unspecified atom stereocenters. The van der Waals surface area contributed by atoms with E-state index in [0.717, 1.165) is 18.8 Å². The number of nitrogens with zero attached hydrogens (tertiary/aromatic N) is 2. The van der Waals surface area contributed by atoms with E-state index in [4.69, 9.17) is 10.7 Å². The second kappa shape index (κ2) is 4.43.